The number of carbonyl (C=O) groups excluding carboxylic acids is 2. The van der Waals surface area contributed by atoms with Crippen LogP contribution in [0.15, 0.2) is 42.5 Å². The smallest absolute Gasteiger partial charge is 0.239 e. The Morgan fingerprint density at radius 1 is 1.19 bits per heavy atom. The predicted molar refractivity (Wildman–Crippen MR) is 103 cm³/mol. The van der Waals surface area contributed by atoms with Gasteiger partial charge in [0, 0.05) is 29.4 Å². The topological polar surface area (TPSA) is 67.9 Å². The van der Waals surface area contributed by atoms with Gasteiger partial charge >= 0.3 is 0 Å². The summed E-state index contributed by atoms with van der Waals surface area (Å²) in [5.41, 5.74) is 1.53. The van der Waals surface area contributed by atoms with E-state index in [4.69, 9.17) is 21.1 Å². The summed E-state index contributed by atoms with van der Waals surface area (Å²) in [6.07, 6.45) is 0.475. The Balaban J connectivity index is 1.66. The van der Waals surface area contributed by atoms with E-state index in [0.29, 0.717) is 29.5 Å². The highest BCUT2D eigenvalue weighted by Crippen LogP contribution is 2.31. The molecule has 2 aromatic carbocycles. The Bertz CT molecular complexity index is 838. The molecule has 0 spiro atoms. The van der Waals surface area contributed by atoms with Crippen LogP contribution in [-0.2, 0) is 16.1 Å². The van der Waals surface area contributed by atoms with E-state index in [2.05, 4.69) is 5.32 Å². The van der Waals surface area contributed by atoms with E-state index in [-0.39, 0.29) is 18.4 Å². The van der Waals surface area contributed by atoms with Gasteiger partial charge in [0.15, 0.2) is 11.5 Å². The number of halogens is 1. The van der Waals surface area contributed by atoms with Crippen LogP contribution in [0.1, 0.15) is 12.0 Å². The number of para-hydroxylation sites is 1. The Kier molecular flexibility index (Phi) is 5.86. The molecule has 27 heavy (non-hydrogen) atoms. The highest BCUT2D eigenvalue weighted by atomic mass is 35.5. The Morgan fingerprint density at radius 3 is 2.59 bits per heavy atom. The van der Waals surface area contributed by atoms with Crippen molar-refractivity contribution >= 4 is 29.1 Å². The second-order valence-corrected chi connectivity index (χ2v) is 6.61. The molecule has 1 saturated heterocycles. The second-order valence-electron chi connectivity index (χ2n) is 6.18. The number of nitrogens with one attached hydrogen (secondary N) is 1. The molecule has 1 fully saturated rings. The molecular weight excluding hydrogens is 368 g/mol. The average Bonchev–Trinajstić information content (AvgIpc) is 3.07. The van der Waals surface area contributed by atoms with Crippen molar-refractivity contribution in [1.82, 2.24) is 5.32 Å². The summed E-state index contributed by atoms with van der Waals surface area (Å²) in [6, 6.07) is 12.5. The van der Waals surface area contributed by atoms with Gasteiger partial charge < -0.3 is 19.7 Å². The summed E-state index contributed by atoms with van der Waals surface area (Å²) in [7, 11) is 3.11. The number of ether oxygens (including phenoxy) is 2. The number of amides is 2. The van der Waals surface area contributed by atoms with E-state index in [9.17, 15) is 9.59 Å². The Labute approximate surface area is 163 Å². The first-order chi connectivity index (χ1) is 13.0. The number of hydrogen-bond donors (Lipinski definition) is 1. The van der Waals surface area contributed by atoms with Gasteiger partial charge in [0.2, 0.25) is 11.8 Å². The fourth-order valence-corrected chi connectivity index (χ4v) is 3.33. The van der Waals surface area contributed by atoms with Gasteiger partial charge in [-0.2, -0.15) is 0 Å². The van der Waals surface area contributed by atoms with Crippen LogP contribution in [0.2, 0.25) is 5.02 Å². The van der Waals surface area contributed by atoms with Crippen LogP contribution in [0.4, 0.5) is 5.69 Å². The average molecular weight is 389 g/mol. The number of hydrogen-bond acceptors (Lipinski definition) is 4. The SMILES string of the molecule is COc1cccc(CNC(=O)[C@@H]2CCN(c3ccc(Cl)cc3)C2=O)c1OC. The van der Waals surface area contributed by atoms with Crippen LogP contribution in [-0.4, -0.2) is 32.6 Å². The summed E-state index contributed by atoms with van der Waals surface area (Å²) in [5, 5.41) is 3.44. The lowest BCUT2D eigenvalue weighted by atomic mass is 10.1. The molecule has 1 heterocycles. The summed E-state index contributed by atoms with van der Waals surface area (Å²) >= 11 is 5.89. The van der Waals surface area contributed by atoms with Crippen molar-refractivity contribution in [2.75, 3.05) is 25.7 Å². The molecular formula is C20H21ClN2O4. The highest BCUT2D eigenvalue weighted by molar-refractivity contribution is 6.30. The van der Waals surface area contributed by atoms with E-state index >= 15 is 0 Å². The third kappa shape index (κ3) is 4.01. The van der Waals surface area contributed by atoms with E-state index in [1.54, 1.807) is 49.5 Å². The number of rotatable bonds is 6. The van der Waals surface area contributed by atoms with Gasteiger partial charge in [0.05, 0.1) is 14.2 Å². The van der Waals surface area contributed by atoms with Crippen molar-refractivity contribution in [3.63, 3.8) is 0 Å². The lowest BCUT2D eigenvalue weighted by Gasteiger charge is -2.17. The third-order valence-electron chi connectivity index (χ3n) is 4.60. The largest absolute Gasteiger partial charge is 0.493 e. The minimum atomic E-state index is -0.697. The maximum Gasteiger partial charge on any atom is 0.239 e. The summed E-state index contributed by atoms with van der Waals surface area (Å²) in [4.78, 5) is 26.8. The molecule has 7 heteroatoms. The van der Waals surface area contributed by atoms with Crippen molar-refractivity contribution in [2.45, 2.75) is 13.0 Å². The maximum absolute atomic E-state index is 12.7. The molecule has 142 valence electrons. The molecule has 1 aliphatic heterocycles. The molecule has 2 amide bonds. The zero-order valence-corrected chi connectivity index (χ0v) is 16.0. The monoisotopic (exact) mass is 388 g/mol. The highest BCUT2D eigenvalue weighted by Gasteiger charge is 2.37. The molecule has 0 unspecified atom stereocenters. The first kappa shape index (κ1) is 19.0. The lowest BCUT2D eigenvalue weighted by Crippen LogP contribution is -2.36. The van der Waals surface area contributed by atoms with Gasteiger partial charge in [-0.05, 0) is 36.8 Å². The Morgan fingerprint density at radius 2 is 1.93 bits per heavy atom. The minimum Gasteiger partial charge on any atom is -0.493 e. The predicted octanol–water partition coefficient (Wildman–Crippen LogP) is 3.03. The number of nitrogens with zero attached hydrogens (tertiary/aromatic N) is 1. The van der Waals surface area contributed by atoms with Gasteiger partial charge in [-0.3, -0.25) is 9.59 Å². The summed E-state index contributed by atoms with van der Waals surface area (Å²) in [6.45, 7) is 0.755. The number of methoxy groups -OCH3 is 2. The summed E-state index contributed by atoms with van der Waals surface area (Å²) < 4.78 is 10.6. The molecule has 1 N–H and O–H groups in total. The fraction of sp³-hybridized carbons (Fsp3) is 0.300. The molecule has 0 bridgehead atoms. The van der Waals surface area contributed by atoms with Crippen molar-refractivity contribution < 1.29 is 19.1 Å². The summed E-state index contributed by atoms with van der Waals surface area (Å²) in [5.74, 6) is -0.0259. The van der Waals surface area contributed by atoms with E-state index < -0.39 is 5.92 Å². The van der Waals surface area contributed by atoms with E-state index in [1.807, 2.05) is 12.1 Å². The standard InChI is InChI=1S/C20H21ClN2O4/c1-26-17-5-3-4-13(18(17)27-2)12-22-19(24)16-10-11-23(20(16)25)15-8-6-14(21)7-9-15/h3-9,16H,10-12H2,1-2H3,(H,22,24)/t16-/m0/s1. The fourth-order valence-electron chi connectivity index (χ4n) is 3.20. The molecule has 0 aliphatic carbocycles. The molecule has 0 aromatic heterocycles. The van der Waals surface area contributed by atoms with Crippen molar-refractivity contribution in [2.24, 2.45) is 5.92 Å². The van der Waals surface area contributed by atoms with E-state index in [1.165, 1.54) is 0 Å². The molecule has 6 nitrogen and oxygen atoms in total. The van der Waals surface area contributed by atoms with Gasteiger partial charge in [-0.1, -0.05) is 23.7 Å². The minimum absolute atomic E-state index is 0.201. The first-order valence-electron chi connectivity index (χ1n) is 8.59. The third-order valence-corrected chi connectivity index (χ3v) is 4.85. The number of benzene rings is 2. The zero-order valence-electron chi connectivity index (χ0n) is 15.2. The van der Waals surface area contributed by atoms with Crippen LogP contribution >= 0.6 is 11.6 Å². The molecule has 1 aliphatic rings. The van der Waals surface area contributed by atoms with Crippen LogP contribution in [0, 0.1) is 5.92 Å². The van der Waals surface area contributed by atoms with Crippen LogP contribution in [0.25, 0.3) is 0 Å². The molecule has 0 saturated carbocycles. The lowest BCUT2D eigenvalue weighted by molar-refractivity contribution is -0.132. The van der Waals surface area contributed by atoms with Gasteiger partial charge in [-0.15, -0.1) is 0 Å². The van der Waals surface area contributed by atoms with Crippen LogP contribution in [0.5, 0.6) is 11.5 Å². The number of carbonyl (C=O) groups is 2. The Hall–Kier alpha value is -2.73. The van der Waals surface area contributed by atoms with Crippen molar-refractivity contribution in [1.29, 1.82) is 0 Å². The normalized spacial score (nSPS) is 16.3. The van der Waals surface area contributed by atoms with E-state index in [0.717, 1.165) is 11.3 Å². The first-order valence-corrected chi connectivity index (χ1v) is 8.97. The molecule has 2 aromatic rings. The maximum atomic E-state index is 12.7. The molecule has 1 atom stereocenters. The van der Waals surface area contributed by atoms with Gasteiger partial charge in [0.1, 0.15) is 5.92 Å². The van der Waals surface area contributed by atoms with Gasteiger partial charge in [-0.25, -0.2) is 0 Å². The van der Waals surface area contributed by atoms with Crippen molar-refractivity contribution in [3.8, 4) is 11.5 Å². The second kappa shape index (κ2) is 8.31. The van der Waals surface area contributed by atoms with Gasteiger partial charge in [0.25, 0.3) is 0 Å². The molecule has 3 rings (SSSR count). The van der Waals surface area contributed by atoms with Crippen LogP contribution < -0.4 is 19.7 Å². The van der Waals surface area contributed by atoms with Crippen molar-refractivity contribution in [3.05, 3.63) is 53.1 Å². The zero-order chi connectivity index (χ0) is 19.4. The molecule has 0 radical (unpaired) electrons. The van der Waals surface area contributed by atoms with Crippen LogP contribution in [0.3, 0.4) is 0 Å². The number of anilines is 1. The quantitative estimate of drug-likeness (QED) is 0.772.